The van der Waals surface area contributed by atoms with Crippen molar-refractivity contribution >= 4 is 17.5 Å². The largest absolute Gasteiger partial charge is 0.328 e. The molecule has 9 heteroatoms. The number of nitrogens with one attached hydrogen (secondary N) is 2. The zero-order valence-electron chi connectivity index (χ0n) is 16.6. The van der Waals surface area contributed by atoms with Crippen molar-refractivity contribution in [2.75, 3.05) is 10.6 Å². The Morgan fingerprint density at radius 2 is 1.90 bits per heavy atom. The zero-order valence-corrected chi connectivity index (χ0v) is 16.6. The molecule has 2 N–H and O–H groups in total. The average molecular weight is 410 g/mol. The summed E-state index contributed by atoms with van der Waals surface area (Å²) in [4.78, 5) is 30.6. The van der Waals surface area contributed by atoms with Crippen molar-refractivity contribution < 1.29 is 4.79 Å². The molecule has 1 amide bonds. The Labute approximate surface area is 177 Å². The van der Waals surface area contributed by atoms with Crippen molar-refractivity contribution in [2.24, 2.45) is 0 Å². The Hall–Kier alpha value is -4.40. The Bertz CT molecular complexity index is 1250. The molecule has 9 nitrogen and oxygen atoms in total. The molecule has 0 spiro atoms. The lowest BCUT2D eigenvalue weighted by atomic mass is 9.98. The number of allylic oxidation sites excluding steroid dienone is 1. The third-order valence-electron chi connectivity index (χ3n) is 4.92. The standard InChI is InChI=1S/C22H18N8O/c1-14-18(21(31)27-16-5-4-9-24-13-16)19(17-6-2-3-10-25-17)30-22(26-14)28-20(29-30)15-7-11-23-12-8-15/h2-13,19H,1H3,(H,27,31)(H,26,28,29). The second-order valence-corrected chi connectivity index (χ2v) is 6.96. The number of hydrogen-bond acceptors (Lipinski definition) is 7. The summed E-state index contributed by atoms with van der Waals surface area (Å²) in [7, 11) is 0. The van der Waals surface area contributed by atoms with Gasteiger partial charge in [-0.05, 0) is 43.3 Å². The first-order valence-corrected chi connectivity index (χ1v) is 9.68. The topological polar surface area (TPSA) is 111 Å². The minimum absolute atomic E-state index is 0.264. The molecule has 4 aromatic heterocycles. The molecule has 5 rings (SSSR count). The monoisotopic (exact) mass is 410 g/mol. The minimum atomic E-state index is -0.544. The van der Waals surface area contributed by atoms with Crippen LogP contribution in [0.2, 0.25) is 0 Å². The van der Waals surface area contributed by atoms with E-state index >= 15 is 0 Å². The van der Waals surface area contributed by atoms with E-state index in [1.54, 1.807) is 47.8 Å². The Morgan fingerprint density at radius 1 is 1.03 bits per heavy atom. The number of fused-ring (bicyclic) bond motifs is 1. The molecule has 1 aliphatic rings. The molecular formula is C22H18N8O. The summed E-state index contributed by atoms with van der Waals surface area (Å²) in [5.74, 6) is 0.811. The Kier molecular flexibility index (Phi) is 4.68. The molecule has 152 valence electrons. The lowest BCUT2D eigenvalue weighted by Gasteiger charge is -2.27. The van der Waals surface area contributed by atoms with E-state index < -0.39 is 6.04 Å². The number of anilines is 2. The zero-order chi connectivity index (χ0) is 21.2. The molecular weight excluding hydrogens is 392 g/mol. The number of carbonyl (C=O) groups excluding carboxylic acids is 1. The number of rotatable bonds is 4. The molecule has 5 heterocycles. The number of pyridine rings is 3. The van der Waals surface area contributed by atoms with Crippen LogP contribution in [0.5, 0.6) is 0 Å². The molecule has 1 unspecified atom stereocenters. The van der Waals surface area contributed by atoms with Gasteiger partial charge in [0.25, 0.3) is 5.91 Å². The van der Waals surface area contributed by atoms with E-state index in [1.807, 2.05) is 37.3 Å². The SMILES string of the molecule is CC1=C(C(=O)Nc2cccnc2)C(c2ccccn2)n2nc(-c3ccncc3)nc2N1. The summed E-state index contributed by atoms with van der Waals surface area (Å²) in [5.41, 5.74) is 3.30. The van der Waals surface area contributed by atoms with Gasteiger partial charge in [-0.25, -0.2) is 4.68 Å². The van der Waals surface area contributed by atoms with Gasteiger partial charge in [0.1, 0.15) is 6.04 Å². The summed E-state index contributed by atoms with van der Waals surface area (Å²) in [6, 6.07) is 12.3. The molecule has 4 aromatic rings. The van der Waals surface area contributed by atoms with Crippen LogP contribution in [0.1, 0.15) is 18.7 Å². The summed E-state index contributed by atoms with van der Waals surface area (Å²) in [5, 5.41) is 10.8. The highest BCUT2D eigenvalue weighted by atomic mass is 16.1. The van der Waals surface area contributed by atoms with Gasteiger partial charge in [-0.2, -0.15) is 4.98 Å². The van der Waals surface area contributed by atoms with Crippen LogP contribution in [0.15, 0.2) is 84.7 Å². The summed E-state index contributed by atoms with van der Waals surface area (Å²) in [6.45, 7) is 1.85. The fourth-order valence-electron chi connectivity index (χ4n) is 3.51. The van der Waals surface area contributed by atoms with Crippen LogP contribution in [0.4, 0.5) is 11.6 Å². The third-order valence-corrected chi connectivity index (χ3v) is 4.92. The smallest absolute Gasteiger partial charge is 0.255 e. The van der Waals surface area contributed by atoms with Crippen LogP contribution >= 0.6 is 0 Å². The summed E-state index contributed by atoms with van der Waals surface area (Å²) < 4.78 is 1.70. The van der Waals surface area contributed by atoms with Gasteiger partial charge in [0.05, 0.1) is 23.2 Å². The van der Waals surface area contributed by atoms with Gasteiger partial charge in [0, 0.05) is 36.0 Å². The Morgan fingerprint density at radius 3 is 2.65 bits per heavy atom. The van der Waals surface area contributed by atoms with Crippen LogP contribution in [-0.4, -0.2) is 35.6 Å². The minimum Gasteiger partial charge on any atom is -0.328 e. The van der Waals surface area contributed by atoms with E-state index in [1.165, 1.54) is 0 Å². The summed E-state index contributed by atoms with van der Waals surface area (Å²) >= 11 is 0. The molecule has 0 aliphatic carbocycles. The number of aromatic nitrogens is 6. The van der Waals surface area contributed by atoms with Gasteiger partial charge >= 0.3 is 0 Å². The molecule has 0 aromatic carbocycles. The van der Waals surface area contributed by atoms with Crippen molar-refractivity contribution in [3.05, 3.63) is 90.4 Å². The van der Waals surface area contributed by atoms with Crippen molar-refractivity contribution in [1.82, 2.24) is 29.7 Å². The third kappa shape index (κ3) is 3.52. The number of carbonyl (C=O) groups is 1. The average Bonchev–Trinajstić information content (AvgIpc) is 3.23. The van der Waals surface area contributed by atoms with Crippen LogP contribution in [0.25, 0.3) is 11.4 Å². The first-order valence-electron chi connectivity index (χ1n) is 9.68. The fraction of sp³-hybridized carbons (Fsp3) is 0.0909. The first-order chi connectivity index (χ1) is 15.2. The normalized spacial score (nSPS) is 15.2. The van der Waals surface area contributed by atoms with Crippen molar-refractivity contribution in [3.8, 4) is 11.4 Å². The van der Waals surface area contributed by atoms with Crippen molar-refractivity contribution in [3.63, 3.8) is 0 Å². The maximum atomic E-state index is 13.3. The second-order valence-electron chi connectivity index (χ2n) is 6.96. The van der Waals surface area contributed by atoms with Crippen LogP contribution in [-0.2, 0) is 4.79 Å². The van der Waals surface area contributed by atoms with Gasteiger partial charge in [0.15, 0.2) is 5.82 Å². The quantitative estimate of drug-likeness (QED) is 0.532. The Balaban J connectivity index is 1.60. The lowest BCUT2D eigenvalue weighted by molar-refractivity contribution is -0.113. The first kappa shape index (κ1) is 18.6. The number of nitrogens with zero attached hydrogens (tertiary/aromatic N) is 6. The van der Waals surface area contributed by atoms with Gasteiger partial charge in [-0.3, -0.25) is 19.7 Å². The maximum absolute atomic E-state index is 13.3. The van der Waals surface area contributed by atoms with Crippen LogP contribution in [0, 0.1) is 0 Å². The van der Waals surface area contributed by atoms with Gasteiger partial charge in [0.2, 0.25) is 5.95 Å². The molecule has 1 aliphatic heterocycles. The van der Waals surface area contributed by atoms with Crippen molar-refractivity contribution in [2.45, 2.75) is 13.0 Å². The second kappa shape index (κ2) is 7.79. The molecule has 0 saturated heterocycles. The molecule has 31 heavy (non-hydrogen) atoms. The number of amides is 1. The molecule has 1 atom stereocenters. The summed E-state index contributed by atoms with van der Waals surface area (Å²) in [6.07, 6.45) is 8.33. The van der Waals surface area contributed by atoms with E-state index in [9.17, 15) is 4.79 Å². The van der Waals surface area contributed by atoms with E-state index in [0.29, 0.717) is 34.4 Å². The maximum Gasteiger partial charge on any atom is 0.255 e. The van der Waals surface area contributed by atoms with E-state index in [2.05, 4.69) is 30.6 Å². The van der Waals surface area contributed by atoms with E-state index in [-0.39, 0.29) is 5.91 Å². The fourth-order valence-corrected chi connectivity index (χ4v) is 3.51. The van der Waals surface area contributed by atoms with Crippen LogP contribution < -0.4 is 10.6 Å². The van der Waals surface area contributed by atoms with Gasteiger partial charge < -0.3 is 10.6 Å². The molecule has 0 radical (unpaired) electrons. The predicted molar refractivity (Wildman–Crippen MR) is 115 cm³/mol. The highest BCUT2D eigenvalue weighted by Crippen LogP contribution is 2.35. The number of hydrogen-bond donors (Lipinski definition) is 2. The van der Waals surface area contributed by atoms with Crippen LogP contribution in [0.3, 0.4) is 0 Å². The highest BCUT2D eigenvalue weighted by molar-refractivity contribution is 6.05. The highest BCUT2D eigenvalue weighted by Gasteiger charge is 2.35. The lowest BCUT2D eigenvalue weighted by Crippen LogP contribution is -2.32. The van der Waals surface area contributed by atoms with E-state index in [4.69, 9.17) is 5.10 Å². The molecule has 0 fully saturated rings. The van der Waals surface area contributed by atoms with Gasteiger partial charge in [-0.1, -0.05) is 6.07 Å². The van der Waals surface area contributed by atoms with Gasteiger partial charge in [-0.15, -0.1) is 5.10 Å². The van der Waals surface area contributed by atoms with E-state index in [0.717, 1.165) is 5.56 Å². The molecule has 0 saturated carbocycles. The van der Waals surface area contributed by atoms with Crippen molar-refractivity contribution in [1.29, 1.82) is 0 Å². The predicted octanol–water partition coefficient (Wildman–Crippen LogP) is 3.06. The molecule has 0 bridgehead atoms.